The van der Waals surface area contributed by atoms with Crippen LogP contribution in [0.5, 0.6) is 0 Å². The van der Waals surface area contributed by atoms with Gasteiger partial charge in [-0.2, -0.15) is 0 Å². The fraction of sp³-hybridized carbons (Fsp3) is 0.619. The second-order valence-electron chi connectivity index (χ2n) is 7.61. The van der Waals surface area contributed by atoms with Gasteiger partial charge in [0.1, 0.15) is 0 Å². The van der Waals surface area contributed by atoms with E-state index in [1.165, 1.54) is 5.56 Å². The summed E-state index contributed by atoms with van der Waals surface area (Å²) in [6.07, 6.45) is 3.32. The third-order valence-corrected chi connectivity index (χ3v) is 5.84. The zero-order chi connectivity index (χ0) is 18.5. The van der Waals surface area contributed by atoms with Crippen LogP contribution in [0.25, 0.3) is 0 Å². The van der Waals surface area contributed by atoms with Gasteiger partial charge < -0.3 is 10.2 Å². The summed E-state index contributed by atoms with van der Waals surface area (Å²) >= 11 is 0. The second-order valence-corrected chi connectivity index (χ2v) is 7.61. The molecule has 5 heteroatoms. The highest BCUT2D eigenvalue weighted by Gasteiger charge is 2.32. The molecule has 2 aliphatic heterocycles. The van der Waals surface area contributed by atoms with Gasteiger partial charge in [-0.05, 0) is 31.7 Å². The van der Waals surface area contributed by atoms with E-state index in [-0.39, 0.29) is 23.8 Å². The van der Waals surface area contributed by atoms with E-state index in [9.17, 15) is 9.59 Å². The fourth-order valence-electron chi connectivity index (χ4n) is 4.16. The van der Waals surface area contributed by atoms with Gasteiger partial charge in [0, 0.05) is 44.7 Å². The van der Waals surface area contributed by atoms with Crippen LogP contribution in [0.2, 0.25) is 0 Å². The maximum absolute atomic E-state index is 12.7. The maximum Gasteiger partial charge on any atom is 0.225 e. The van der Waals surface area contributed by atoms with E-state index in [2.05, 4.69) is 41.4 Å². The van der Waals surface area contributed by atoms with Gasteiger partial charge in [0.25, 0.3) is 0 Å². The summed E-state index contributed by atoms with van der Waals surface area (Å²) in [4.78, 5) is 28.9. The molecule has 2 amide bonds. The van der Waals surface area contributed by atoms with Gasteiger partial charge >= 0.3 is 0 Å². The zero-order valence-corrected chi connectivity index (χ0v) is 16.0. The lowest BCUT2D eigenvalue weighted by atomic mass is 9.96. The molecule has 0 unspecified atom stereocenters. The smallest absolute Gasteiger partial charge is 0.225 e. The third-order valence-electron chi connectivity index (χ3n) is 5.84. The van der Waals surface area contributed by atoms with Gasteiger partial charge in [0.05, 0.1) is 5.92 Å². The lowest BCUT2D eigenvalue weighted by Crippen LogP contribution is -2.48. The molecule has 2 saturated heterocycles. The predicted molar refractivity (Wildman–Crippen MR) is 103 cm³/mol. The lowest BCUT2D eigenvalue weighted by molar-refractivity contribution is -0.135. The highest BCUT2D eigenvalue weighted by atomic mass is 16.2. The molecule has 2 aliphatic rings. The van der Waals surface area contributed by atoms with Crippen LogP contribution in [0.15, 0.2) is 30.3 Å². The average Bonchev–Trinajstić information content (AvgIpc) is 3.16. The monoisotopic (exact) mass is 357 g/mol. The number of carbonyl (C=O) groups excluding carboxylic acids is 2. The highest BCUT2D eigenvalue weighted by Crippen LogP contribution is 2.25. The van der Waals surface area contributed by atoms with Gasteiger partial charge in [0.2, 0.25) is 11.8 Å². The first-order valence-electron chi connectivity index (χ1n) is 9.95. The number of carbonyl (C=O) groups is 2. The van der Waals surface area contributed by atoms with Gasteiger partial charge in [-0.1, -0.05) is 37.3 Å². The maximum atomic E-state index is 12.7. The van der Waals surface area contributed by atoms with Crippen molar-refractivity contribution < 1.29 is 9.59 Å². The molecule has 5 nitrogen and oxygen atoms in total. The topological polar surface area (TPSA) is 52.7 Å². The minimum atomic E-state index is -0.0557. The summed E-state index contributed by atoms with van der Waals surface area (Å²) in [7, 11) is 0. The SMILES string of the molecule is CCC(=O)N1CCC[C@H](C(=O)N[C@H]2CCN([C@H](C)c3ccccc3)C2)C1. The van der Waals surface area contributed by atoms with Crippen LogP contribution in [0.4, 0.5) is 0 Å². The molecule has 0 spiro atoms. The largest absolute Gasteiger partial charge is 0.352 e. The Hall–Kier alpha value is -1.88. The minimum absolute atomic E-state index is 0.0557. The first-order chi connectivity index (χ1) is 12.6. The molecule has 3 rings (SSSR count). The summed E-state index contributed by atoms with van der Waals surface area (Å²) in [6.45, 7) is 7.39. The molecule has 2 fully saturated rings. The number of likely N-dealkylation sites (tertiary alicyclic amines) is 2. The summed E-state index contributed by atoms with van der Waals surface area (Å²) < 4.78 is 0. The number of nitrogens with one attached hydrogen (secondary N) is 1. The summed E-state index contributed by atoms with van der Waals surface area (Å²) in [5.74, 6) is 0.226. The highest BCUT2D eigenvalue weighted by molar-refractivity contribution is 5.81. The molecule has 1 aromatic carbocycles. The Balaban J connectivity index is 1.50. The molecule has 0 bridgehead atoms. The van der Waals surface area contributed by atoms with Gasteiger partial charge in [0.15, 0.2) is 0 Å². The molecular weight excluding hydrogens is 326 g/mol. The molecule has 1 aromatic rings. The number of piperidine rings is 1. The Morgan fingerprint density at radius 1 is 1.15 bits per heavy atom. The molecule has 0 aliphatic carbocycles. The van der Waals surface area contributed by atoms with Crippen molar-refractivity contribution in [1.82, 2.24) is 15.1 Å². The Labute approximate surface area is 156 Å². The first-order valence-corrected chi connectivity index (χ1v) is 9.95. The van der Waals surface area contributed by atoms with Crippen molar-refractivity contribution in [3.05, 3.63) is 35.9 Å². The van der Waals surface area contributed by atoms with E-state index >= 15 is 0 Å². The van der Waals surface area contributed by atoms with Crippen LogP contribution in [-0.4, -0.2) is 53.8 Å². The van der Waals surface area contributed by atoms with E-state index in [1.807, 2.05) is 17.9 Å². The van der Waals surface area contributed by atoms with Crippen molar-refractivity contribution in [2.75, 3.05) is 26.2 Å². The van der Waals surface area contributed by atoms with Crippen LogP contribution in [-0.2, 0) is 9.59 Å². The zero-order valence-electron chi connectivity index (χ0n) is 16.0. The van der Waals surface area contributed by atoms with Crippen LogP contribution in [0, 0.1) is 5.92 Å². The van der Waals surface area contributed by atoms with E-state index in [4.69, 9.17) is 0 Å². The summed E-state index contributed by atoms with van der Waals surface area (Å²) in [6, 6.07) is 11.1. The molecule has 1 N–H and O–H groups in total. The third kappa shape index (κ3) is 4.44. The van der Waals surface area contributed by atoms with Crippen LogP contribution < -0.4 is 5.32 Å². The molecule has 26 heavy (non-hydrogen) atoms. The van der Waals surface area contributed by atoms with Crippen molar-refractivity contribution in [2.24, 2.45) is 5.92 Å². The number of amides is 2. The Morgan fingerprint density at radius 2 is 1.92 bits per heavy atom. The van der Waals surface area contributed by atoms with Crippen molar-refractivity contribution in [3.63, 3.8) is 0 Å². The molecule has 3 atom stereocenters. The number of nitrogens with zero attached hydrogens (tertiary/aromatic N) is 2. The minimum Gasteiger partial charge on any atom is -0.352 e. The molecule has 2 heterocycles. The fourth-order valence-corrected chi connectivity index (χ4v) is 4.16. The number of rotatable bonds is 5. The summed E-state index contributed by atoms with van der Waals surface area (Å²) in [5, 5.41) is 3.24. The van der Waals surface area contributed by atoms with Crippen molar-refractivity contribution >= 4 is 11.8 Å². The molecule has 0 radical (unpaired) electrons. The normalized spacial score (nSPS) is 25.1. The second kappa shape index (κ2) is 8.67. The van der Waals surface area contributed by atoms with Crippen molar-refractivity contribution in [2.45, 2.75) is 51.6 Å². The van der Waals surface area contributed by atoms with Crippen LogP contribution in [0.3, 0.4) is 0 Å². The standard InChI is InChI=1S/C21H31N3O2/c1-3-20(25)24-12-7-10-18(14-24)21(26)22-19-11-13-23(15-19)16(2)17-8-5-4-6-9-17/h4-6,8-9,16,18-19H,3,7,10-15H2,1-2H3,(H,22,26)/t16-,18+,19+/m1/s1. The van der Waals surface area contributed by atoms with Gasteiger partial charge in [-0.25, -0.2) is 0 Å². The Kier molecular flexibility index (Phi) is 6.30. The molecule has 0 saturated carbocycles. The number of hydrogen-bond acceptors (Lipinski definition) is 3. The first kappa shape index (κ1) is 18.9. The van der Waals surface area contributed by atoms with Crippen LogP contribution in [0.1, 0.15) is 51.1 Å². The van der Waals surface area contributed by atoms with Crippen LogP contribution >= 0.6 is 0 Å². The Morgan fingerprint density at radius 3 is 2.65 bits per heavy atom. The summed E-state index contributed by atoms with van der Waals surface area (Å²) in [5.41, 5.74) is 1.32. The molecular formula is C21H31N3O2. The van der Waals surface area contributed by atoms with E-state index < -0.39 is 0 Å². The Bertz CT molecular complexity index is 619. The number of hydrogen-bond donors (Lipinski definition) is 1. The van der Waals surface area contributed by atoms with E-state index in [1.54, 1.807) is 0 Å². The van der Waals surface area contributed by atoms with Gasteiger partial charge in [-0.15, -0.1) is 0 Å². The number of benzene rings is 1. The average molecular weight is 357 g/mol. The lowest BCUT2D eigenvalue weighted by Gasteiger charge is -2.32. The predicted octanol–water partition coefficient (Wildman–Crippen LogP) is 2.59. The quantitative estimate of drug-likeness (QED) is 0.881. The van der Waals surface area contributed by atoms with Crippen molar-refractivity contribution in [1.29, 1.82) is 0 Å². The van der Waals surface area contributed by atoms with E-state index in [0.29, 0.717) is 19.0 Å². The molecule has 0 aromatic heterocycles. The molecule has 142 valence electrons. The van der Waals surface area contributed by atoms with Crippen molar-refractivity contribution in [3.8, 4) is 0 Å². The van der Waals surface area contributed by atoms with E-state index in [0.717, 1.165) is 38.9 Å². The van der Waals surface area contributed by atoms with Gasteiger partial charge in [-0.3, -0.25) is 14.5 Å².